The van der Waals surface area contributed by atoms with E-state index in [4.69, 9.17) is 0 Å². The van der Waals surface area contributed by atoms with Gasteiger partial charge in [-0.15, -0.1) is 0 Å². The molecular weight excluding hydrogens is 512 g/mol. The van der Waals surface area contributed by atoms with E-state index in [1.165, 1.54) is 22.3 Å². The predicted molar refractivity (Wildman–Crippen MR) is 188 cm³/mol. The summed E-state index contributed by atoms with van der Waals surface area (Å²) >= 11 is 0. The van der Waals surface area contributed by atoms with E-state index in [1.54, 1.807) is 0 Å². The zero-order valence-electron chi connectivity index (χ0n) is 28.0. The van der Waals surface area contributed by atoms with E-state index in [0.717, 1.165) is 48.8 Å². The second-order valence-electron chi connectivity index (χ2n) is 12.0. The fourth-order valence-corrected chi connectivity index (χ4v) is 3.67. The second-order valence-corrected chi connectivity index (χ2v) is 12.0. The van der Waals surface area contributed by atoms with Crippen molar-refractivity contribution in [2.75, 3.05) is 6.61 Å². The van der Waals surface area contributed by atoms with E-state index in [9.17, 15) is 10.2 Å². The standard InChI is InChI=1S/C40H58O2/c1-33(2)18-12-20-35(4)22-14-24-36(5)23-13-21-34(3)19-10-11-29-39(32-41)30-16-27-37(6)25-15-26-38(7)28-17-31-40(8,9)42/h10-11,13-16,18-19,21-27,29-30,41-42H,12,17,20,28,31-32H2,1-9H3. The maximum atomic E-state index is 9.82. The van der Waals surface area contributed by atoms with Crippen molar-refractivity contribution in [3.05, 3.63) is 142 Å². The Bertz CT molecular complexity index is 1150. The lowest BCUT2D eigenvalue weighted by molar-refractivity contribution is 0.0689. The quantitative estimate of drug-likeness (QED) is 0.127. The Hall–Kier alpha value is -3.20. The van der Waals surface area contributed by atoms with Gasteiger partial charge in [0.25, 0.3) is 0 Å². The lowest BCUT2D eigenvalue weighted by atomic mass is 9.99. The van der Waals surface area contributed by atoms with Gasteiger partial charge in [0.2, 0.25) is 0 Å². The van der Waals surface area contributed by atoms with Crippen molar-refractivity contribution in [1.29, 1.82) is 0 Å². The first-order valence-electron chi connectivity index (χ1n) is 15.2. The summed E-state index contributed by atoms with van der Waals surface area (Å²) in [6, 6.07) is 0. The molecule has 0 aliphatic carbocycles. The van der Waals surface area contributed by atoms with Gasteiger partial charge >= 0.3 is 0 Å². The van der Waals surface area contributed by atoms with Crippen LogP contribution < -0.4 is 0 Å². The summed E-state index contributed by atoms with van der Waals surface area (Å²) in [6.45, 7) is 18.5. The van der Waals surface area contributed by atoms with Crippen LogP contribution in [0.2, 0.25) is 0 Å². The molecule has 2 N–H and O–H groups in total. The molecule has 0 aliphatic heterocycles. The molecule has 42 heavy (non-hydrogen) atoms. The zero-order valence-corrected chi connectivity index (χ0v) is 28.0. The summed E-state index contributed by atoms with van der Waals surface area (Å²) in [4.78, 5) is 0. The van der Waals surface area contributed by atoms with Crippen LogP contribution in [0.4, 0.5) is 0 Å². The molecule has 0 radical (unpaired) electrons. The van der Waals surface area contributed by atoms with Gasteiger partial charge in [-0.25, -0.2) is 0 Å². The molecule has 2 heteroatoms. The summed E-state index contributed by atoms with van der Waals surface area (Å²) in [6.07, 6.45) is 40.1. The average Bonchev–Trinajstić information content (AvgIpc) is 2.89. The number of rotatable bonds is 18. The topological polar surface area (TPSA) is 40.5 Å². The SMILES string of the molecule is CC(C)=CCCC(C)=CC=CC(C)=CC=CC(C)=CC=CC=C(C=CC=C(C)C=CC=C(C)CCCC(C)(C)O)CO. The van der Waals surface area contributed by atoms with Crippen LogP contribution in [0.5, 0.6) is 0 Å². The Balaban J connectivity index is 4.83. The molecule has 0 heterocycles. The van der Waals surface area contributed by atoms with Gasteiger partial charge in [-0.05, 0) is 100.0 Å². The highest BCUT2D eigenvalue weighted by atomic mass is 16.3. The minimum atomic E-state index is -0.593. The Morgan fingerprint density at radius 1 is 0.571 bits per heavy atom. The summed E-state index contributed by atoms with van der Waals surface area (Å²) in [5, 5.41) is 19.5. The van der Waals surface area contributed by atoms with Gasteiger partial charge in [-0.3, -0.25) is 0 Å². The highest BCUT2D eigenvalue weighted by Crippen LogP contribution is 2.15. The fourth-order valence-electron chi connectivity index (χ4n) is 3.67. The van der Waals surface area contributed by atoms with E-state index >= 15 is 0 Å². The molecule has 0 saturated heterocycles. The van der Waals surface area contributed by atoms with Crippen LogP contribution >= 0.6 is 0 Å². The van der Waals surface area contributed by atoms with Gasteiger partial charge in [0.05, 0.1) is 12.2 Å². The highest BCUT2D eigenvalue weighted by molar-refractivity contribution is 5.33. The van der Waals surface area contributed by atoms with Crippen LogP contribution in [0.1, 0.15) is 94.4 Å². The van der Waals surface area contributed by atoms with Crippen molar-refractivity contribution in [3.63, 3.8) is 0 Å². The van der Waals surface area contributed by atoms with Crippen molar-refractivity contribution < 1.29 is 10.2 Å². The number of aliphatic hydroxyl groups excluding tert-OH is 1. The molecule has 0 aliphatic rings. The van der Waals surface area contributed by atoms with Gasteiger partial charge in [-0.1, -0.05) is 137 Å². The van der Waals surface area contributed by atoms with E-state index in [2.05, 4.69) is 115 Å². The molecule has 0 rings (SSSR count). The first-order chi connectivity index (χ1) is 19.8. The molecule has 2 nitrogen and oxygen atoms in total. The van der Waals surface area contributed by atoms with Crippen LogP contribution in [0.15, 0.2) is 142 Å². The minimum absolute atomic E-state index is 0.0134. The molecule has 0 bridgehead atoms. The number of aliphatic hydroxyl groups is 2. The Morgan fingerprint density at radius 2 is 1.02 bits per heavy atom. The Labute approximate surface area is 258 Å². The van der Waals surface area contributed by atoms with Gasteiger partial charge < -0.3 is 10.2 Å². The highest BCUT2D eigenvalue weighted by Gasteiger charge is 2.10. The molecule has 230 valence electrons. The van der Waals surface area contributed by atoms with E-state index in [-0.39, 0.29) is 6.61 Å². The Kier molecular flexibility index (Phi) is 21.6. The van der Waals surface area contributed by atoms with Crippen LogP contribution in [0.3, 0.4) is 0 Å². The van der Waals surface area contributed by atoms with Crippen molar-refractivity contribution in [1.82, 2.24) is 0 Å². The van der Waals surface area contributed by atoms with Crippen LogP contribution in [0.25, 0.3) is 0 Å². The van der Waals surface area contributed by atoms with Crippen molar-refractivity contribution in [2.45, 2.75) is 100 Å². The summed E-state index contributed by atoms with van der Waals surface area (Å²) in [5.41, 5.74) is 7.80. The summed E-state index contributed by atoms with van der Waals surface area (Å²) in [5.74, 6) is 0. The molecule has 0 unspecified atom stereocenters. The Morgan fingerprint density at radius 3 is 1.52 bits per heavy atom. The van der Waals surface area contributed by atoms with Gasteiger partial charge in [-0.2, -0.15) is 0 Å². The molecule has 0 aromatic carbocycles. The number of hydrogen-bond donors (Lipinski definition) is 2. The first kappa shape index (κ1) is 38.8. The van der Waals surface area contributed by atoms with E-state index in [1.807, 2.05) is 50.3 Å². The molecule has 0 atom stereocenters. The molecule has 0 aromatic heterocycles. The van der Waals surface area contributed by atoms with Crippen molar-refractivity contribution in [2.24, 2.45) is 0 Å². The fraction of sp³-hybridized carbons (Fsp3) is 0.400. The molecule has 0 amide bonds. The van der Waals surface area contributed by atoms with E-state index < -0.39 is 5.60 Å². The summed E-state index contributed by atoms with van der Waals surface area (Å²) < 4.78 is 0. The van der Waals surface area contributed by atoms with Gasteiger partial charge in [0, 0.05) is 0 Å². The van der Waals surface area contributed by atoms with E-state index in [0.29, 0.717) is 0 Å². The minimum Gasteiger partial charge on any atom is -0.392 e. The average molecular weight is 571 g/mol. The van der Waals surface area contributed by atoms with Gasteiger partial charge in [0.15, 0.2) is 0 Å². The van der Waals surface area contributed by atoms with Crippen molar-refractivity contribution >= 4 is 0 Å². The molecule has 0 aromatic rings. The zero-order chi connectivity index (χ0) is 31.8. The molecule has 0 fully saturated rings. The predicted octanol–water partition coefficient (Wildman–Crippen LogP) is 11.1. The summed E-state index contributed by atoms with van der Waals surface area (Å²) in [7, 11) is 0. The van der Waals surface area contributed by atoms with Crippen LogP contribution in [-0.4, -0.2) is 22.4 Å². The lowest BCUT2D eigenvalue weighted by Gasteiger charge is -2.16. The van der Waals surface area contributed by atoms with Gasteiger partial charge in [0.1, 0.15) is 0 Å². The molecular formula is C40H58O2. The monoisotopic (exact) mass is 570 g/mol. The number of hydrogen-bond acceptors (Lipinski definition) is 2. The first-order valence-corrected chi connectivity index (χ1v) is 15.2. The van der Waals surface area contributed by atoms with Crippen LogP contribution in [0, 0.1) is 0 Å². The largest absolute Gasteiger partial charge is 0.392 e. The maximum Gasteiger partial charge on any atom is 0.0681 e. The second kappa shape index (κ2) is 23.4. The third kappa shape index (κ3) is 25.7. The molecule has 0 spiro atoms. The van der Waals surface area contributed by atoms with Crippen molar-refractivity contribution in [3.8, 4) is 0 Å². The lowest BCUT2D eigenvalue weighted by Crippen LogP contribution is -2.17. The molecule has 0 saturated carbocycles. The third-order valence-electron chi connectivity index (χ3n) is 6.28. The normalized spacial score (nSPS) is 15.5. The number of allylic oxidation sites excluding steroid dienone is 22. The third-order valence-corrected chi connectivity index (χ3v) is 6.28. The smallest absolute Gasteiger partial charge is 0.0681 e. The maximum absolute atomic E-state index is 9.82. The van der Waals surface area contributed by atoms with Crippen LogP contribution in [-0.2, 0) is 0 Å².